The van der Waals surface area contributed by atoms with Crippen LogP contribution in [0.3, 0.4) is 0 Å². The van der Waals surface area contributed by atoms with E-state index in [2.05, 4.69) is 0 Å². The van der Waals surface area contributed by atoms with Gasteiger partial charge in [0, 0.05) is 12.5 Å². The summed E-state index contributed by atoms with van der Waals surface area (Å²) >= 11 is 0. The molecule has 0 bridgehead atoms. The summed E-state index contributed by atoms with van der Waals surface area (Å²) < 4.78 is 10.8. The molecule has 1 amide bonds. The summed E-state index contributed by atoms with van der Waals surface area (Å²) in [5.41, 5.74) is 5.15. The van der Waals surface area contributed by atoms with Crippen molar-refractivity contribution in [2.45, 2.75) is 18.9 Å². The lowest BCUT2D eigenvalue weighted by molar-refractivity contribution is -0.146. The number of ether oxygens (including phenoxy) is 2. The molecule has 0 heterocycles. The minimum absolute atomic E-state index is 0.0666. The highest BCUT2D eigenvalue weighted by Gasteiger charge is 2.30. The molecule has 3 aromatic rings. The number of amides is 1. The fourth-order valence-electron chi connectivity index (χ4n) is 4.09. The second-order valence-electron chi connectivity index (χ2n) is 8.02. The molecule has 1 N–H and O–H groups in total. The third-order valence-electron chi connectivity index (χ3n) is 5.75. The number of fused-ring (bicyclic) bond motifs is 3. The van der Waals surface area contributed by atoms with Crippen LogP contribution >= 0.6 is 0 Å². The van der Waals surface area contributed by atoms with Gasteiger partial charge in [-0.1, -0.05) is 78.9 Å². The molecule has 0 aromatic heterocycles. The first-order chi connectivity index (χ1) is 16.5. The fourth-order valence-corrected chi connectivity index (χ4v) is 4.09. The van der Waals surface area contributed by atoms with Gasteiger partial charge in [0.2, 0.25) is 0 Å². The lowest BCUT2D eigenvalue weighted by atomic mass is 9.98. The first-order valence-electron chi connectivity index (χ1n) is 11.0. The molecule has 174 valence electrons. The molecular weight excluding hydrogens is 434 g/mol. The Kier molecular flexibility index (Phi) is 7.22. The number of carbonyl (C=O) groups is 3. The van der Waals surface area contributed by atoms with Gasteiger partial charge in [-0.25, -0.2) is 4.79 Å². The predicted octanol–water partition coefficient (Wildman–Crippen LogP) is 4.46. The maximum Gasteiger partial charge on any atom is 0.410 e. The van der Waals surface area contributed by atoms with E-state index in [0.29, 0.717) is 0 Å². The number of hydrogen-bond donors (Lipinski definition) is 1. The molecule has 4 rings (SSSR count). The van der Waals surface area contributed by atoms with E-state index in [9.17, 15) is 14.4 Å². The lowest BCUT2D eigenvalue weighted by Gasteiger charge is -2.22. The van der Waals surface area contributed by atoms with E-state index in [1.165, 1.54) is 0 Å². The monoisotopic (exact) mass is 459 g/mol. The number of carbonyl (C=O) groups excluding carboxylic acids is 2. The van der Waals surface area contributed by atoms with Crippen LogP contribution in [0.15, 0.2) is 78.9 Å². The molecule has 0 saturated heterocycles. The Labute approximate surface area is 197 Å². The summed E-state index contributed by atoms with van der Waals surface area (Å²) in [4.78, 5) is 37.3. The zero-order valence-electron chi connectivity index (χ0n) is 18.6. The number of nitrogens with zero attached hydrogens (tertiary/aromatic N) is 1. The maximum absolute atomic E-state index is 12.8. The zero-order chi connectivity index (χ0) is 23.9. The van der Waals surface area contributed by atoms with Crippen LogP contribution in [-0.4, -0.2) is 47.7 Å². The molecule has 1 aliphatic rings. The Morgan fingerprint density at radius 2 is 1.38 bits per heavy atom. The summed E-state index contributed by atoms with van der Waals surface area (Å²) in [7, 11) is 0. The van der Waals surface area contributed by atoms with Crippen molar-refractivity contribution < 1.29 is 29.0 Å². The minimum Gasteiger partial charge on any atom is -0.481 e. The van der Waals surface area contributed by atoms with Crippen LogP contribution in [0, 0.1) is 0 Å². The van der Waals surface area contributed by atoms with Crippen molar-refractivity contribution in [1.82, 2.24) is 4.90 Å². The van der Waals surface area contributed by atoms with Gasteiger partial charge in [-0.15, -0.1) is 0 Å². The van der Waals surface area contributed by atoms with Crippen molar-refractivity contribution in [3.8, 4) is 11.1 Å². The standard InChI is InChI=1S/C27H25NO6/c29-25(30)14-15-28(16-26(31)33-17-19-8-2-1-3-9-19)27(32)34-18-24-22-12-6-4-10-20(22)21-11-5-7-13-23(21)24/h1-13,24H,14-18H2,(H,29,30). The van der Waals surface area contributed by atoms with Gasteiger partial charge in [0.1, 0.15) is 19.8 Å². The number of rotatable bonds is 9. The normalized spacial score (nSPS) is 11.9. The van der Waals surface area contributed by atoms with Crippen molar-refractivity contribution >= 4 is 18.0 Å². The van der Waals surface area contributed by atoms with Gasteiger partial charge in [-0.3, -0.25) is 14.5 Å². The molecule has 0 spiro atoms. The third-order valence-corrected chi connectivity index (χ3v) is 5.75. The van der Waals surface area contributed by atoms with Crippen molar-refractivity contribution in [2.24, 2.45) is 0 Å². The summed E-state index contributed by atoms with van der Waals surface area (Å²) in [5, 5.41) is 9.06. The highest BCUT2D eigenvalue weighted by molar-refractivity contribution is 5.80. The Balaban J connectivity index is 1.40. The van der Waals surface area contributed by atoms with E-state index >= 15 is 0 Å². The van der Waals surface area contributed by atoms with E-state index in [4.69, 9.17) is 14.6 Å². The van der Waals surface area contributed by atoms with E-state index in [1.54, 1.807) is 0 Å². The number of aliphatic carboxylic acids is 1. The van der Waals surface area contributed by atoms with Crippen LogP contribution < -0.4 is 0 Å². The molecule has 0 unspecified atom stereocenters. The molecule has 0 fully saturated rings. The van der Waals surface area contributed by atoms with Gasteiger partial charge in [-0.2, -0.15) is 0 Å². The highest BCUT2D eigenvalue weighted by atomic mass is 16.6. The van der Waals surface area contributed by atoms with E-state index in [1.807, 2.05) is 78.9 Å². The van der Waals surface area contributed by atoms with Crippen molar-refractivity contribution in [2.75, 3.05) is 19.7 Å². The van der Waals surface area contributed by atoms with Gasteiger partial charge in [-0.05, 0) is 27.8 Å². The number of carboxylic acids is 1. The minimum atomic E-state index is -1.07. The van der Waals surface area contributed by atoms with Crippen molar-refractivity contribution in [3.63, 3.8) is 0 Å². The van der Waals surface area contributed by atoms with Gasteiger partial charge in [0.05, 0.1) is 6.42 Å². The molecule has 34 heavy (non-hydrogen) atoms. The van der Waals surface area contributed by atoms with Crippen LogP contribution in [0.1, 0.15) is 29.0 Å². The SMILES string of the molecule is O=C(O)CCN(CC(=O)OCc1ccccc1)C(=O)OCC1c2ccccc2-c2ccccc21. The van der Waals surface area contributed by atoms with Crippen LogP contribution in [0.25, 0.3) is 11.1 Å². The van der Waals surface area contributed by atoms with Crippen LogP contribution in [0.5, 0.6) is 0 Å². The molecular formula is C27H25NO6. The van der Waals surface area contributed by atoms with E-state index in [-0.39, 0.29) is 32.1 Å². The van der Waals surface area contributed by atoms with Gasteiger partial charge >= 0.3 is 18.0 Å². The molecule has 0 saturated carbocycles. The molecule has 7 heteroatoms. The molecule has 3 aromatic carbocycles. The third kappa shape index (κ3) is 5.43. The Morgan fingerprint density at radius 3 is 2.00 bits per heavy atom. The summed E-state index contributed by atoms with van der Waals surface area (Å²) in [6, 6.07) is 25.1. The summed E-state index contributed by atoms with van der Waals surface area (Å²) in [6.07, 6.45) is -1.06. The quantitative estimate of drug-likeness (QED) is 0.475. The number of carboxylic acid groups (broad SMARTS) is 1. The highest BCUT2D eigenvalue weighted by Crippen LogP contribution is 2.44. The van der Waals surface area contributed by atoms with Crippen LogP contribution in [-0.2, 0) is 25.7 Å². The van der Waals surface area contributed by atoms with E-state index < -0.39 is 24.6 Å². The van der Waals surface area contributed by atoms with Gasteiger partial charge < -0.3 is 14.6 Å². The first kappa shape index (κ1) is 23.0. The predicted molar refractivity (Wildman–Crippen MR) is 125 cm³/mol. The van der Waals surface area contributed by atoms with Crippen LogP contribution in [0.4, 0.5) is 4.79 Å². The van der Waals surface area contributed by atoms with Gasteiger partial charge in [0.25, 0.3) is 0 Å². The second-order valence-corrected chi connectivity index (χ2v) is 8.02. The smallest absolute Gasteiger partial charge is 0.410 e. The lowest BCUT2D eigenvalue weighted by Crippen LogP contribution is -2.38. The Bertz CT molecular complexity index is 1130. The Morgan fingerprint density at radius 1 is 0.794 bits per heavy atom. The van der Waals surface area contributed by atoms with Gasteiger partial charge in [0.15, 0.2) is 0 Å². The fraction of sp³-hybridized carbons (Fsp3) is 0.222. The van der Waals surface area contributed by atoms with Crippen molar-refractivity contribution in [3.05, 3.63) is 95.6 Å². The number of esters is 1. The molecule has 0 atom stereocenters. The van der Waals surface area contributed by atoms with E-state index in [0.717, 1.165) is 32.7 Å². The average Bonchev–Trinajstić information content (AvgIpc) is 3.18. The van der Waals surface area contributed by atoms with Crippen LogP contribution in [0.2, 0.25) is 0 Å². The summed E-state index contributed by atoms with van der Waals surface area (Å²) in [5.74, 6) is -1.85. The molecule has 0 radical (unpaired) electrons. The topological polar surface area (TPSA) is 93.1 Å². The van der Waals surface area contributed by atoms with Crippen molar-refractivity contribution in [1.29, 1.82) is 0 Å². The second kappa shape index (κ2) is 10.7. The number of benzene rings is 3. The Hall–Kier alpha value is -4.13. The first-order valence-corrected chi connectivity index (χ1v) is 11.0. The zero-order valence-corrected chi connectivity index (χ0v) is 18.6. The molecule has 7 nitrogen and oxygen atoms in total. The number of hydrogen-bond acceptors (Lipinski definition) is 5. The largest absolute Gasteiger partial charge is 0.481 e. The average molecular weight is 459 g/mol. The summed E-state index contributed by atoms with van der Waals surface area (Å²) in [6.45, 7) is -0.407. The molecule has 1 aliphatic carbocycles. The molecule has 0 aliphatic heterocycles. The maximum atomic E-state index is 12.8.